The summed E-state index contributed by atoms with van der Waals surface area (Å²) in [6, 6.07) is 5.72. The molecule has 0 bridgehead atoms. The van der Waals surface area contributed by atoms with Crippen LogP contribution in [0.25, 0.3) is 0 Å². The fourth-order valence-electron chi connectivity index (χ4n) is 1.51. The molecule has 1 heterocycles. The maximum Gasteiger partial charge on any atom is 0.540 e. The summed E-state index contributed by atoms with van der Waals surface area (Å²) in [5, 5.41) is 0.891. The van der Waals surface area contributed by atoms with Gasteiger partial charge in [0.1, 0.15) is 0 Å². The molecule has 0 amide bonds. The molecule has 0 aliphatic carbocycles. The molecule has 0 saturated heterocycles. The van der Waals surface area contributed by atoms with Gasteiger partial charge in [0.2, 0.25) is 0 Å². The van der Waals surface area contributed by atoms with Crippen LogP contribution >= 0.6 is 0 Å². The van der Waals surface area contributed by atoms with Crippen LogP contribution in [-0.2, 0) is 13.3 Å². The summed E-state index contributed by atoms with van der Waals surface area (Å²) in [7, 11) is 2.04. The van der Waals surface area contributed by atoms with E-state index in [-0.39, 0.29) is 0 Å². The molecule has 1 aliphatic rings. The average molecular weight is 212 g/mol. The van der Waals surface area contributed by atoms with E-state index in [0.29, 0.717) is 0 Å². The van der Waals surface area contributed by atoms with Crippen molar-refractivity contribution in [3.05, 3.63) is 18.2 Å². The molecule has 0 N–H and O–H groups in total. The molecule has 0 atom stereocenters. The summed E-state index contributed by atoms with van der Waals surface area (Å²) in [4.78, 5) is 0. The van der Waals surface area contributed by atoms with Crippen LogP contribution in [0.15, 0.2) is 18.2 Å². The fourth-order valence-corrected chi connectivity index (χ4v) is 3.42. The largest absolute Gasteiger partial charge is 0.540 e. The second-order valence-corrected chi connectivity index (χ2v) is 5.78. The maximum atomic E-state index is 5.35. The normalized spacial score (nSPS) is 13.4. The third kappa shape index (κ3) is 1.25. The van der Waals surface area contributed by atoms with Crippen molar-refractivity contribution in [3.8, 4) is 11.5 Å². The standard InChI is InChI=1S/C9H12O4Si/c1-10-14(11-2,12-3)8-6-4-5-7-9(8)13-7/h4-6H,1-3H3. The monoisotopic (exact) mass is 212 g/mol. The second kappa shape index (κ2) is 3.36. The SMILES string of the molecule is CO[Si](OC)(OC)c1cccc2c1O2. The Labute approximate surface area is 83.7 Å². The average Bonchev–Trinajstić information content (AvgIpc) is 3.01. The zero-order valence-electron chi connectivity index (χ0n) is 8.37. The summed E-state index contributed by atoms with van der Waals surface area (Å²) in [5.41, 5.74) is 0. The van der Waals surface area contributed by atoms with Crippen LogP contribution in [0.4, 0.5) is 0 Å². The Morgan fingerprint density at radius 1 is 1.07 bits per heavy atom. The van der Waals surface area contributed by atoms with Crippen LogP contribution < -0.4 is 9.92 Å². The van der Waals surface area contributed by atoms with E-state index < -0.39 is 8.80 Å². The molecular weight excluding hydrogens is 200 g/mol. The van der Waals surface area contributed by atoms with Crippen LogP contribution in [-0.4, -0.2) is 30.1 Å². The van der Waals surface area contributed by atoms with Crippen molar-refractivity contribution in [2.24, 2.45) is 0 Å². The van der Waals surface area contributed by atoms with Crippen molar-refractivity contribution in [2.75, 3.05) is 21.3 Å². The van der Waals surface area contributed by atoms with E-state index in [1.54, 1.807) is 21.3 Å². The summed E-state index contributed by atoms with van der Waals surface area (Å²) in [6.45, 7) is 0. The lowest BCUT2D eigenvalue weighted by molar-refractivity contribution is 0.140. The summed E-state index contributed by atoms with van der Waals surface area (Å²) in [5.74, 6) is 1.72. The Morgan fingerprint density at radius 3 is 2.29 bits per heavy atom. The van der Waals surface area contributed by atoms with E-state index in [0.717, 1.165) is 16.7 Å². The zero-order valence-corrected chi connectivity index (χ0v) is 9.37. The Bertz CT molecular complexity index is 340. The van der Waals surface area contributed by atoms with Gasteiger partial charge in [-0.15, -0.1) is 0 Å². The quantitative estimate of drug-likeness (QED) is 0.557. The molecule has 1 aromatic rings. The van der Waals surface area contributed by atoms with Gasteiger partial charge in [-0.05, 0) is 6.07 Å². The molecule has 1 aromatic carbocycles. The highest BCUT2D eigenvalue weighted by atomic mass is 28.4. The van der Waals surface area contributed by atoms with Gasteiger partial charge in [0.25, 0.3) is 0 Å². The zero-order chi connectivity index (χ0) is 10.2. The summed E-state index contributed by atoms with van der Waals surface area (Å²) in [6.07, 6.45) is 0. The molecule has 2 rings (SSSR count). The smallest absolute Gasteiger partial charge is 0.449 e. The lowest BCUT2D eigenvalue weighted by Gasteiger charge is -2.23. The minimum atomic E-state index is -2.71. The molecule has 0 spiro atoms. The van der Waals surface area contributed by atoms with E-state index in [1.807, 2.05) is 18.2 Å². The molecule has 76 valence electrons. The first-order chi connectivity index (χ1) is 6.77. The maximum absolute atomic E-state index is 5.35. The molecule has 0 aromatic heterocycles. The molecule has 0 radical (unpaired) electrons. The number of rotatable bonds is 4. The minimum absolute atomic E-state index is 0.838. The highest BCUT2D eigenvalue weighted by molar-refractivity contribution is 6.76. The van der Waals surface area contributed by atoms with Gasteiger partial charge >= 0.3 is 8.80 Å². The van der Waals surface area contributed by atoms with Crippen LogP contribution in [0.1, 0.15) is 0 Å². The van der Waals surface area contributed by atoms with Crippen molar-refractivity contribution < 1.29 is 18.0 Å². The first-order valence-electron chi connectivity index (χ1n) is 4.24. The number of hydrogen-bond acceptors (Lipinski definition) is 4. The highest BCUT2D eigenvalue weighted by Crippen LogP contribution is 2.44. The molecule has 14 heavy (non-hydrogen) atoms. The lowest BCUT2D eigenvalue weighted by Crippen LogP contribution is -2.54. The van der Waals surface area contributed by atoms with Crippen molar-refractivity contribution >= 4 is 14.0 Å². The van der Waals surface area contributed by atoms with Crippen LogP contribution in [0.2, 0.25) is 0 Å². The number of ether oxygens (including phenoxy) is 1. The highest BCUT2D eigenvalue weighted by Gasteiger charge is 2.47. The third-order valence-corrected chi connectivity index (χ3v) is 4.95. The Balaban J connectivity index is 2.42. The molecular formula is C9H12O4Si. The van der Waals surface area contributed by atoms with Gasteiger partial charge in [0.15, 0.2) is 11.5 Å². The second-order valence-electron chi connectivity index (χ2n) is 2.90. The van der Waals surface area contributed by atoms with E-state index in [1.165, 1.54) is 0 Å². The number of para-hydroxylation sites is 1. The van der Waals surface area contributed by atoms with Crippen molar-refractivity contribution in [2.45, 2.75) is 0 Å². The summed E-state index contributed by atoms with van der Waals surface area (Å²) < 4.78 is 21.3. The molecule has 1 aliphatic heterocycles. The van der Waals surface area contributed by atoms with E-state index >= 15 is 0 Å². The number of hydrogen-bond donors (Lipinski definition) is 0. The summed E-state index contributed by atoms with van der Waals surface area (Å²) >= 11 is 0. The predicted molar refractivity (Wildman–Crippen MR) is 52.9 cm³/mol. The Kier molecular flexibility index (Phi) is 2.32. The van der Waals surface area contributed by atoms with Gasteiger partial charge in [-0.1, -0.05) is 12.1 Å². The molecule has 0 unspecified atom stereocenters. The fraction of sp³-hybridized carbons (Fsp3) is 0.333. The van der Waals surface area contributed by atoms with Crippen LogP contribution in [0.3, 0.4) is 0 Å². The van der Waals surface area contributed by atoms with Gasteiger partial charge in [0.05, 0.1) is 5.19 Å². The first-order valence-corrected chi connectivity index (χ1v) is 5.96. The van der Waals surface area contributed by atoms with Gasteiger partial charge in [-0.25, -0.2) is 0 Å². The van der Waals surface area contributed by atoms with E-state index in [9.17, 15) is 0 Å². The van der Waals surface area contributed by atoms with Crippen LogP contribution in [0.5, 0.6) is 11.5 Å². The topological polar surface area (TPSA) is 40.2 Å². The van der Waals surface area contributed by atoms with Gasteiger partial charge in [-0.2, -0.15) is 0 Å². The predicted octanol–water partition coefficient (Wildman–Crippen LogP) is 0.877. The minimum Gasteiger partial charge on any atom is -0.449 e. The van der Waals surface area contributed by atoms with Crippen LogP contribution in [0, 0.1) is 0 Å². The lowest BCUT2D eigenvalue weighted by atomic mass is 10.4. The van der Waals surface area contributed by atoms with Crippen molar-refractivity contribution in [3.63, 3.8) is 0 Å². The van der Waals surface area contributed by atoms with Gasteiger partial charge in [0, 0.05) is 21.3 Å². The van der Waals surface area contributed by atoms with Crippen molar-refractivity contribution in [1.82, 2.24) is 0 Å². The molecule has 0 fully saturated rings. The molecule has 4 nitrogen and oxygen atoms in total. The number of benzene rings is 1. The Hall–Kier alpha value is -0.883. The van der Waals surface area contributed by atoms with Gasteiger partial charge in [-0.3, -0.25) is 0 Å². The number of fused-ring (bicyclic) bond motifs is 1. The third-order valence-electron chi connectivity index (χ3n) is 2.29. The molecule has 5 heteroatoms. The van der Waals surface area contributed by atoms with E-state index in [4.69, 9.17) is 18.0 Å². The Morgan fingerprint density at radius 2 is 1.71 bits per heavy atom. The molecule has 0 saturated carbocycles. The van der Waals surface area contributed by atoms with E-state index in [2.05, 4.69) is 0 Å². The first kappa shape index (κ1) is 9.66. The van der Waals surface area contributed by atoms with Crippen molar-refractivity contribution in [1.29, 1.82) is 0 Å². The van der Waals surface area contributed by atoms with Gasteiger partial charge < -0.3 is 18.0 Å².